The van der Waals surface area contributed by atoms with E-state index < -0.39 is 24.3 Å². The first-order valence-corrected chi connectivity index (χ1v) is 9.32. The Balaban J connectivity index is 1.72. The Kier molecular flexibility index (Phi) is 5.98. The first-order valence-electron chi connectivity index (χ1n) is 8.94. The third-order valence-corrected chi connectivity index (χ3v) is 4.63. The lowest BCUT2D eigenvalue weighted by atomic mass is 10.1. The average Bonchev–Trinajstić information content (AvgIpc) is 2.99. The number of H-pyrrole nitrogens is 1. The number of esters is 2. The van der Waals surface area contributed by atoms with Gasteiger partial charge in [-0.05, 0) is 56.7 Å². The molecule has 0 saturated heterocycles. The number of nitrogens with one attached hydrogen (secondary N) is 1. The normalized spacial score (nSPS) is 10.8. The lowest BCUT2D eigenvalue weighted by Crippen LogP contribution is -2.15. The molecular formula is C21H19ClN2O5. The Hall–Kier alpha value is -3.19. The number of Topliss-reactive ketones (excluding diaryl/α,β-unsaturated/α-hetero) is 1. The summed E-state index contributed by atoms with van der Waals surface area (Å²) < 4.78 is 10.2. The van der Waals surface area contributed by atoms with E-state index in [0.29, 0.717) is 33.1 Å². The van der Waals surface area contributed by atoms with Crippen molar-refractivity contribution in [1.29, 1.82) is 0 Å². The standard InChI is InChI=1S/C21H19ClN2O5/c1-4-28-21(27)18-11(2)19(23-12(18)3)16(25)10-29-20(26)14-5-7-15-13(9-14)6-8-17(22)24-15/h5-9,23H,4,10H2,1-3H3. The van der Waals surface area contributed by atoms with Gasteiger partial charge in [-0.25, -0.2) is 14.6 Å². The second-order valence-corrected chi connectivity index (χ2v) is 6.77. The summed E-state index contributed by atoms with van der Waals surface area (Å²) in [5.41, 5.74) is 2.47. The van der Waals surface area contributed by atoms with Crippen molar-refractivity contribution in [3.8, 4) is 0 Å². The van der Waals surface area contributed by atoms with Gasteiger partial charge in [0, 0.05) is 11.1 Å². The van der Waals surface area contributed by atoms with E-state index in [9.17, 15) is 14.4 Å². The molecule has 150 valence electrons. The summed E-state index contributed by atoms with van der Waals surface area (Å²) in [6.45, 7) is 4.80. The van der Waals surface area contributed by atoms with Crippen molar-refractivity contribution in [2.24, 2.45) is 0 Å². The third-order valence-electron chi connectivity index (χ3n) is 4.42. The van der Waals surface area contributed by atoms with Crippen molar-refractivity contribution in [3.05, 3.63) is 63.6 Å². The van der Waals surface area contributed by atoms with Crippen molar-refractivity contribution in [2.75, 3.05) is 13.2 Å². The van der Waals surface area contributed by atoms with Crippen LogP contribution in [-0.2, 0) is 9.47 Å². The van der Waals surface area contributed by atoms with Crippen LogP contribution >= 0.6 is 11.6 Å². The number of hydrogen-bond donors (Lipinski definition) is 1. The van der Waals surface area contributed by atoms with Crippen molar-refractivity contribution in [2.45, 2.75) is 20.8 Å². The molecule has 0 spiro atoms. The number of ether oxygens (including phenoxy) is 2. The average molecular weight is 415 g/mol. The molecule has 3 rings (SSSR count). The molecule has 0 aliphatic rings. The molecule has 0 atom stereocenters. The molecule has 1 N–H and O–H groups in total. The maximum absolute atomic E-state index is 12.5. The summed E-state index contributed by atoms with van der Waals surface area (Å²) in [6, 6.07) is 8.20. The van der Waals surface area contributed by atoms with E-state index in [4.69, 9.17) is 21.1 Å². The first-order chi connectivity index (χ1) is 13.8. The van der Waals surface area contributed by atoms with E-state index in [1.807, 2.05) is 0 Å². The fraction of sp³-hybridized carbons (Fsp3) is 0.238. The zero-order valence-electron chi connectivity index (χ0n) is 16.2. The minimum atomic E-state index is -0.637. The number of ketones is 1. The third kappa shape index (κ3) is 4.30. The van der Waals surface area contributed by atoms with Crippen molar-refractivity contribution in [1.82, 2.24) is 9.97 Å². The highest BCUT2D eigenvalue weighted by atomic mass is 35.5. The van der Waals surface area contributed by atoms with Crippen LogP contribution in [-0.4, -0.2) is 40.9 Å². The number of aromatic amines is 1. The number of hydrogen-bond acceptors (Lipinski definition) is 6. The van der Waals surface area contributed by atoms with Crippen LogP contribution in [0.2, 0.25) is 5.15 Å². The van der Waals surface area contributed by atoms with Crippen LogP contribution in [0, 0.1) is 13.8 Å². The molecular weight excluding hydrogens is 396 g/mol. The lowest BCUT2D eigenvalue weighted by Gasteiger charge is -2.06. The topological polar surface area (TPSA) is 98.4 Å². The number of rotatable bonds is 6. The summed E-state index contributed by atoms with van der Waals surface area (Å²) in [6.07, 6.45) is 0. The van der Waals surface area contributed by atoms with E-state index in [1.165, 1.54) is 0 Å². The molecule has 0 fully saturated rings. The molecule has 0 amide bonds. The molecule has 0 radical (unpaired) electrons. The van der Waals surface area contributed by atoms with Gasteiger partial charge in [0.1, 0.15) is 5.15 Å². The Bertz CT molecular complexity index is 1120. The molecule has 29 heavy (non-hydrogen) atoms. The lowest BCUT2D eigenvalue weighted by molar-refractivity contribution is 0.0472. The zero-order valence-corrected chi connectivity index (χ0v) is 16.9. The van der Waals surface area contributed by atoms with Crippen molar-refractivity contribution < 1.29 is 23.9 Å². The number of carbonyl (C=O) groups is 3. The minimum absolute atomic E-state index is 0.218. The van der Waals surface area contributed by atoms with E-state index in [-0.39, 0.29) is 12.3 Å². The molecule has 0 unspecified atom stereocenters. The summed E-state index contributed by atoms with van der Waals surface area (Å²) in [4.78, 5) is 43.9. The predicted molar refractivity (Wildman–Crippen MR) is 108 cm³/mol. The second-order valence-electron chi connectivity index (χ2n) is 6.39. The molecule has 3 aromatic rings. The van der Waals surface area contributed by atoms with Gasteiger partial charge in [0.05, 0.1) is 28.9 Å². The highest BCUT2D eigenvalue weighted by Crippen LogP contribution is 2.20. The molecule has 8 heteroatoms. The number of fused-ring (bicyclic) bond motifs is 1. The van der Waals surface area contributed by atoms with Gasteiger partial charge < -0.3 is 14.5 Å². The first kappa shape index (κ1) is 20.5. The van der Waals surface area contributed by atoms with E-state index in [2.05, 4.69) is 9.97 Å². The van der Waals surface area contributed by atoms with Gasteiger partial charge in [-0.1, -0.05) is 11.6 Å². The molecule has 7 nitrogen and oxygen atoms in total. The van der Waals surface area contributed by atoms with Gasteiger partial charge >= 0.3 is 11.9 Å². The van der Waals surface area contributed by atoms with Crippen LogP contribution in [0.25, 0.3) is 10.9 Å². The molecule has 2 aromatic heterocycles. The number of aromatic nitrogens is 2. The number of benzene rings is 1. The van der Waals surface area contributed by atoms with E-state index >= 15 is 0 Å². The van der Waals surface area contributed by atoms with Crippen molar-refractivity contribution in [3.63, 3.8) is 0 Å². The fourth-order valence-electron chi connectivity index (χ4n) is 3.05. The van der Waals surface area contributed by atoms with E-state index in [0.717, 1.165) is 5.39 Å². The maximum Gasteiger partial charge on any atom is 0.340 e. The molecule has 2 heterocycles. The summed E-state index contributed by atoms with van der Waals surface area (Å²) in [5.74, 6) is -1.58. The highest BCUT2D eigenvalue weighted by Gasteiger charge is 2.23. The van der Waals surface area contributed by atoms with Crippen LogP contribution in [0.4, 0.5) is 0 Å². The van der Waals surface area contributed by atoms with Gasteiger partial charge in [0.25, 0.3) is 0 Å². The Labute approximate surface area is 172 Å². The molecule has 1 aromatic carbocycles. The summed E-state index contributed by atoms with van der Waals surface area (Å²) in [5, 5.41) is 1.09. The van der Waals surface area contributed by atoms with Crippen molar-refractivity contribution >= 4 is 40.2 Å². The maximum atomic E-state index is 12.5. The number of halogens is 1. The highest BCUT2D eigenvalue weighted by molar-refractivity contribution is 6.29. The van der Waals surface area contributed by atoms with Crippen LogP contribution in [0.1, 0.15) is 49.4 Å². The molecule has 0 aliphatic heterocycles. The zero-order chi connectivity index (χ0) is 21.1. The predicted octanol–water partition coefficient (Wildman–Crippen LogP) is 4.05. The molecule has 0 saturated carbocycles. The Morgan fingerprint density at radius 2 is 1.83 bits per heavy atom. The smallest absolute Gasteiger partial charge is 0.340 e. The van der Waals surface area contributed by atoms with Crippen LogP contribution < -0.4 is 0 Å². The molecule has 0 bridgehead atoms. The Morgan fingerprint density at radius 3 is 2.55 bits per heavy atom. The van der Waals surface area contributed by atoms with Gasteiger partial charge in [0.2, 0.25) is 5.78 Å². The quantitative estimate of drug-likeness (QED) is 0.371. The number of carbonyl (C=O) groups excluding carboxylic acids is 3. The monoisotopic (exact) mass is 414 g/mol. The second kappa shape index (κ2) is 8.45. The SMILES string of the molecule is CCOC(=O)c1c(C)[nH]c(C(=O)COC(=O)c2ccc3nc(Cl)ccc3c2)c1C. The van der Waals surface area contributed by atoms with E-state index in [1.54, 1.807) is 51.1 Å². The summed E-state index contributed by atoms with van der Waals surface area (Å²) >= 11 is 5.85. The largest absolute Gasteiger partial charge is 0.462 e. The van der Waals surface area contributed by atoms with Gasteiger partial charge in [0.15, 0.2) is 6.61 Å². The van der Waals surface area contributed by atoms with Crippen LogP contribution in [0.5, 0.6) is 0 Å². The van der Waals surface area contributed by atoms with Gasteiger partial charge in [-0.3, -0.25) is 4.79 Å². The number of pyridine rings is 1. The number of nitrogens with zero attached hydrogens (tertiary/aromatic N) is 1. The van der Waals surface area contributed by atoms with Gasteiger partial charge in [-0.2, -0.15) is 0 Å². The Morgan fingerprint density at radius 1 is 1.07 bits per heavy atom. The van der Waals surface area contributed by atoms with Gasteiger partial charge in [-0.15, -0.1) is 0 Å². The number of aryl methyl sites for hydroxylation is 1. The van der Waals surface area contributed by atoms with Crippen LogP contribution in [0.15, 0.2) is 30.3 Å². The summed E-state index contributed by atoms with van der Waals surface area (Å²) in [7, 11) is 0. The molecule has 0 aliphatic carbocycles. The van der Waals surface area contributed by atoms with Crippen LogP contribution in [0.3, 0.4) is 0 Å². The fourth-order valence-corrected chi connectivity index (χ4v) is 3.21. The minimum Gasteiger partial charge on any atom is -0.462 e.